The summed E-state index contributed by atoms with van der Waals surface area (Å²) in [6.45, 7) is 5.23. The minimum absolute atomic E-state index is 0.0158. The molecule has 1 amide bonds. The van der Waals surface area contributed by atoms with Crippen LogP contribution in [0.1, 0.15) is 70.9 Å². The number of carboxylic acids is 3. The monoisotopic (exact) mass is 1100 g/mol. The van der Waals surface area contributed by atoms with Crippen molar-refractivity contribution in [2.75, 3.05) is 33.0 Å². The van der Waals surface area contributed by atoms with Crippen LogP contribution in [-0.2, 0) is 55.9 Å². The van der Waals surface area contributed by atoms with E-state index >= 15 is 0 Å². The Labute approximate surface area is 448 Å². The summed E-state index contributed by atoms with van der Waals surface area (Å²) in [7, 11) is 0. The van der Waals surface area contributed by atoms with Gasteiger partial charge in [-0.2, -0.15) is 0 Å². The van der Waals surface area contributed by atoms with E-state index in [1.165, 1.54) is 50.2 Å². The molecular weight excluding hydrogens is 1040 g/mol. The Morgan fingerprint density at radius 2 is 1.13 bits per heavy atom. The molecule has 0 radical (unpaired) electrons. The van der Waals surface area contributed by atoms with Crippen molar-refractivity contribution < 1.29 is 82.3 Å². The number of nitrogens with two attached hydrogens (primary N) is 3. The number of guanidine groups is 1. The van der Waals surface area contributed by atoms with Crippen molar-refractivity contribution in [1.82, 2.24) is 5.32 Å². The molecule has 4 rings (SSSR count). The number of aliphatic carboxylic acids is 3. The van der Waals surface area contributed by atoms with Gasteiger partial charge in [-0.25, -0.2) is 18.4 Å². The number of ketones is 1. The molecule has 0 saturated carbocycles. The highest BCUT2D eigenvalue weighted by Gasteiger charge is 2.38. The van der Waals surface area contributed by atoms with E-state index in [9.17, 15) is 62.8 Å². The first kappa shape index (κ1) is 65.1. The number of aliphatic hydroxyl groups is 2. The van der Waals surface area contributed by atoms with Gasteiger partial charge in [0.1, 0.15) is 17.7 Å². The van der Waals surface area contributed by atoms with Crippen LogP contribution in [0.2, 0.25) is 10.0 Å². The number of carbonyl (C=O) groups excluding carboxylic acids is 4. The summed E-state index contributed by atoms with van der Waals surface area (Å²) in [6.07, 6.45) is 1.13. The standard InChI is InChI=1S/C24H26ClFO6.C23H25ClFNO6.C6H14N4O2/c1-3-32-22(29)21(28)11-16(13-24(2,14-27)23(30)31)10-15-4-6-17(7-5-15)19-12-18(25)8-9-20(19)26;1-3-32-21(29)20(28)26-17(12-23(2,13-27)22(30)31)10-14-4-6-15(7-5-14)18-11-16(24)8-9-19(18)25;7-4(5(11)12)2-1-3-10-6(8)9/h4-9,12,16,27H,3,10-11,13-14H2,1-2H3,(H,30,31);4-9,11,17,27H,3,10,12-13H2,1-2H3,(H,26,28)(H,30,31);4H,1-3,7H2,(H,11,12)(H4,8,9,10)/p+1/t16-,24-;17-,23+;/m01./s1. The highest BCUT2D eigenvalue weighted by molar-refractivity contribution is 6.33. The lowest BCUT2D eigenvalue weighted by atomic mass is 9.77. The van der Waals surface area contributed by atoms with E-state index in [0.717, 1.165) is 5.56 Å². The van der Waals surface area contributed by atoms with Crippen LogP contribution in [-0.4, -0.2) is 118 Å². The van der Waals surface area contributed by atoms with Crippen LogP contribution in [0.4, 0.5) is 8.78 Å². The van der Waals surface area contributed by atoms with Crippen LogP contribution < -0.4 is 27.5 Å². The van der Waals surface area contributed by atoms with Gasteiger partial charge in [-0.15, -0.1) is 0 Å². The maximum Gasteiger partial charge on any atom is 0.396 e. The number of carboxylic acid groups (broad SMARTS) is 3. The molecule has 13 N–H and O–H groups in total. The molecule has 0 aliphatic heterocycles. The molecule has 0 aliphatic carbocycles. The topological polar surface area (TPSA) is 343 Å². The Balaban J connectivity index is 0.000000429. The summed E-state index contributed by atoms with van der Waals surface area (Å²) in [5, 5.41) is 49.8. The molecule has 4 aromatic rings. The Hall–Kier alpha value is -7.04. The number of amides is 1. The fourth-order valence-corrected chi connectivity index (χ4v) is 7.73. The summed E-state index contributed by atoms with van der Waals surface area (Å²) in [6, 6.07) is 20.6. The van der Waals surface area contributed by atoms with Gasteiger partial charge in [0.2, 0.25) is 5.78 Å². The van der Waals surface area contributed by atoms with Gasteiger partial charge in [0, 0.05) is 33.6 Å². The Kier molecular flexibility index (Phi) is 27.2. The third-order valence-electron chi connectivity index (χ3n) is 11.7. The van der Waals surface area contributed by atoms with Crippen LogP contribution in [0, 0.1) is 28.4 Å². The number of Topliss-reactive ketones (excluding diaryl/α,β-unsaturated/α-hetero) is 1. The number of hydrogen-bond donors (Lipinski definition) is 10. The second kappa shape index (κ2) is 31.8. The molecule has 1 unspecified atom stereocenters. The fourth-order valence-electron chi connectivity index (χ4n) is 7.38. The second-order valence-electron chi connectivity index (χ2n) is 18.1. The van der Waals surface area contributed by atoms with Crippen LogP contribution >= 0.6 is 23.2 Å². The molecule has 0 heterocycles. The molecule has 0 aromatic heterocycles. The molecule has 414 valence electrons. The first-order chi connectivity index (χ1) is 35.7. The van der Waals surface area contributed by atoms with Gasteiger partial charge >= 0.3 is 41.7 Å². The van der Waals surface area contributed by atoms with Gasteiger partial charge in [-0.3, -0.25) is 40.4 Å². The van der Waals surface area contributed by atoms with Crippen LogP contribution in [0.25, 0.3) is 22.3 Å². The third-order valence-corrected chi connectivity index (χ3v) is 12.1. The van der Waals surface area contributed by atoms with Gasteiger partial charge in [-0.1, -0.05) is 71.7 Å². The number of halogens is 4. The van der Waals surface area contributed by atoms with Gasteiger partial charge in [0.25, 0.3) is 0 Å². The van der Waals surface area contributed by atoms with Crippen LogP contribution in [0.15, 0.2) is 84.9 Å². The maximum absolute atomic E-state index is 14.1. The molecule has 76 heavy (non-hydrogen) atoms. The average Bonchev–Trinajstić information content (AvgIpc) is 3.37. The van der Waals surface area contributed by atoms with Gasteiger partial charge in [-0.05, 0) is 131 Å². The van der Waals surface area contributed by atoms with Crippen LogP contribution in [0.5, 0.6) is 0 Å². The molecule has 0 saturated heterocycles. The van der Waals surface area contributed by atoms with Crippen molar-refractivity contribution in [3.05, 3.63) is 118 Å². The van der Waals surface area contributed by atoms with Gasteiger partial charge < -0.3 is 46.1 Å². The van der Waals surface area contributed by atoms with E-state index in [0.29, 0.717) is 57.2 Å². The molecule has 5 atom stereocenters. The first-order valence-electron chi connectivity index (χ1n) is 23.8. The summed E-state index contributed by atoms with van der Waals surface area (Å²) >= 11 is 11.9. The molecule has 19 nitrogen and oxygen atoms in total. The number of esters is 2. The summed E-state index contributed by atoms with van der Waals surface area (Å²) in [5.41, 5.74) is 15.8. The first-order valence-corrected chi connectivity index (χ1v) is 24.5. The zero-order chi connectivity index (χ0) is 57.3. The van der Waals surface area contributed by atoms with E-state index < -0.39 is 95.2 Å². The van der Waals surface area contributed by atoms with Crippen molar-refractivity contribution in [3.63, 3.8) is 0 Å². The molecule has 0 aliphatic rings. The quantitative estimate of drug-likeness (QED) is 0.0147. The lowest BCUT2D eigenvalue weighted by Gasteiger charge is -2.28. The molecule has 0 spiro atoms. The third kappa shape index (κ3) is 21.7. The smallest absolute Gasteiger partial charge is 0.396 e. The van der Waals surface area contributed by atoms with Gasteiger partial charge in [0.15, 0.2) is 0 Å². The SMILES string of the molecule is CCOC(=O)C(=O)C[C@H](Cc1ccc(-c2cc(Cl)ccc2F)cc1)C[C@@](C)(CO)C(=O)O.CCOC(=O)C(=O)N[C@H](Cc1ccc(-c2cc(Cl)ccc2F)cc1)C[C@@](C)(CO)C(=O)O.NC(N)=[NH+]CCCC(N)C(=O)O. The molecule has 23 heteroatoms. The van der Waals surface area contributed by atoms with Crippen LogP contribution in [0.3, 0.4) is 0 Å². The largest absolute Gasteiger partial charge is 0.481 e. The van der Waals surface area contributed by atoms with E-state index in [1.54, 1.807) is 62.4 Å². The van der Waals surface area contributed by atoms with Crippen molar-refractivity contribution in [2.24, 2.45) is 33.9 Å². The highest BCUT2D eigenvalue weighted by Crippen LogP contribution is 2.33. The van der Waals surface area contributed by atoms with Crippen molar-refractivity contribution in [2.45, 2.75) is 84.7 Å². The Morgan fingerprint density at radius 3 is 1.55 bits per heavy atom. The molecule has 4 aromatic carbocycles. The zero-order valence-electron chi connectivity index (χ0n) is 42.5. The van der Waals surface area contributed by atoms with Crippen molar-refractivity contribution in [1.29, 1.82) is 0 Å². The van der Waals surface area contributed by atoms with Gasteiger partial charge in [0.05, 0.1) is 43.8 Å². The Bertz CT molecular complexity index is 2480. The predicted octanol–water partition coefficient (Wildman–Crippen LogP) is 4.04. The summed E-state index contributed by atoms with van der Waals surface area (Å²) < 4.78 is 37.7. The van der Waals surface area contributed by atoms with E-state index in [-0.39, 0.29) is 51.3 Å². The number of benzene rings is 4. The second-order valence-corrected chi connectivity index (χ2v) is 19.0. The molecular formula is C53H66Cl2F2N5O14+. The minimum Gasteiger partial charge on any atom is -0.481 e. The normalized spacial score (nSPS) is 13.5. The zero-order valence-corrected chi connectivity index (χ0v) is 44.0. The molecule has 0 bridgehead atoms. The van der Waals surface area contributed by atoms with Crippen molar-refractivity contribution >= 4 is 70.7 Å². The number of nitrogens with one attached hydrogen (secondary N) is 2. The number of rotatable bonds is 25. The highest BCUT2D eigenvalue weighted by atomic mass is 35.5. The fraction of sp³-hybridized carbons (Fsp3) is 0.396. The van der Waals surface area contributed by atoms with Crippen molar-refractivity contribution in [3.8, 4) is 22.3 Å². The predicted molar refractivity (Wildman–Crippen MR) is 278 cm³/mol. The summed E-state index contributed by atoms with van der Waals surface area (Å²) in [5.74, 6) is -8.45. The number of carbonyl (C=O) groups is 7. The molecule has 0 fully saturated rings. The maximum atomic E-state index is 14.1. The minimum atomic E-state index is -1.53. The lowest BCUT2D eigenvalue weighted by molar-refractivity contribution is -0.459. The lowest BCUT2D eigenvalue weighted by Crippen LogP contribution is -2.78. The summed E-state index contributed by atoms with van der Waals surface area (Å²) in [4.78, 5) is 84.0. The van der Waals surface area contributed by atoms with E-state index in [1.807, 2.05) is 0 Å². The van der Waals surface area contributed by atoms with E-state index in [2.05, 4.69) is 15.0 Å². The Morgan fingerprint density at radius 1 is 0.684 bits per heavy atom. The average molecular weight is 1110 g/mol. The van der Waals surface area contributed by atoms with E-state index in [4.69, 9.17) is 50.2 Å². The number of hydrogen-bond acceptors (Lipinski definition) is 12. The number of aliphatic hydroxyl groups excluding tert-OH is 2. The number of ether oxygens (including phenoxy) is 2.